The van der Waals surface area contributed by atoms with Gasteiger partial charge >= 0.3 is 0 Å². The monoisotopic (exact) mass is 210 g/mol. The fraction of sp³-hybridized carbons (Fsp3) is 0. The van der Waals surface area contributed by atoms with E-state index in [0.717, 1.165) is 0 Å². The average Bonchev–Trinajstić information content (AvgIpc) is 2.18. The molecule has 5 heteroatoms. The van der Waals surface area contributed by atoms with Gasteiger partial charge in [-0.1, -0.05) is 11.6 Å². The van der Waals surface area contributed by atoms with Gasteiger partial charge in [0.1, 0.15) is 5.84 Å². The topological polar surface area (TPSA) is 90.4 Å². The van der Waals surface area contributed by atoms with Crippen molar-refractivity contribution in [1.29, 1.82) is 0 Å². The van der Waals surface area contributed by atoms with Crippen molar-refractivity contribution in [3.63, 3.8) is 0 Å². The van der Waals surface area contributed by atoms with Gasteiger partial charge in [0.05, 0.1) is 5.02 Å². The zero-order valence-corrected chi connectivity index (χ0v) is 8.20. The van der Waals surface area contributed by atoms with Crippen molar-refractivity contribution in [2.45, 2.75) is 0 Å². The third-order valence-corrected chi connectivity index (χ3v) is 1.90. The number of aliphatic imine (C=N–C) groups is 1. The number of rotatable bonds is 2. The molecule has 0 heterocycles. The van der Waals surface area contributed by atoms with Crippen molar-refractivity contribution in [3.05, 3.63) is 41.2 Å². The second-order valence-electron chi connectivity index (χ2n) is 2.60. The molecule has 0 atom stereocenters. The second kappa shape index (κ2) is 4.53. The first kappa shape index (κ1) is 10.4. The first-order chi connectivity index (χ1) is 6.65. The van der Waals surface area contributed by atoms with Gasteiger partial charge in [0.25, 0.3) is 0 Å². The third-order valence-electron chi connectivity index (χ3n) is 1.57. The van der Waals surface area contributed by atoms with Crippen LogP contribution in [-0.2, 0) is 0 Å². The first-order valence-corrected chi connectivity index (χ1v) is 4.28. The summed E-state index contributed by atoms with van der Waals surface area (Å²) in [6.07, 6.45) is 2.67. The van der Waals surface area contributed by atoms with Gasteiger partial charge in [-0.25, -0.2) is 4.99 Å². The molecule has 0 aliphatic rings. The Morgan fingerprint density at radius 1 is 1.43 bits per heavy atom. The molecule has 0 bridgehead atoms. The number of anilines is 1. The maximum atomic E-state index is 5.90. The summed E-state index contributed by atoms with van der Waals surface area (Å²) in [6.45, 7) is 0. The van der Waals surface area contributed by atoms with E-state index in [4.69, 9.17) is 28.8 Å². The van der Waals surface area contributed by atoms with E-state index in [0.29, 0.717) is 16.3 Å². The predicted octanol–water partition coefficient (Wildman–Crippen LogP) is 1.06. The lowest BCUT2D eigenvalue weighted by Gasteiger charge is -2.03. The van der Waals surface area contributed by atoms with Gasteiger partial charge in [0.15, 0.2) is 0 Å². The van der Waals surface area contributed by atoms with E-state index in [1.165, 1.54) is 12.4 Å². The van der Waals surface area contributed by atoms with E-state index < -0.39 is 0 Å². The van der Waals surface area contributed by atoms with Crippen LogP contribution in [0, 0.1) is 0 Å². The number of hydrogen-bond acceptors (Lipinski definition) is 3. The summed E-state index contributed by atoms with van der Waals surface area (Å²) in [5, 5.41) is 0.505. The molecular weight excluding hydrogens is 200 g/mol. The minimum absolute atomic E-state index is 0.281. The summed E-state index contributed by atoms with van der Waals surface area (Å²) in [5.41, 5.74) is 17.5. The quantitative estimate of drug-likeness (QED) is 0.387. The fourth-order valence-electron chi connectivity index (χ4n) is 0.932. The largest absolute Gasteiger partial charge is 0.403 e. The number of amidine groups is 1. The molecule has 0 aromatic heterocycles. The maximum Gasteiger partial charge on any atom is 0.132 e. The van der Waals surface area contributed by atoms with Crippen LogP contribution in [0.15, 0.2) is 35.6 Å². The van der Waals surface area contributed by atoms with E-state index in [1.807, 2.05) is 0 Å². The Labute approximate surface area is 87.1 Å². The minimum atomic E-state index is 0.281. The molecule has 0 aliphatic heterocycles. The van der Waals surface area contributed by atoms with Crippen LogP contribution < -0.4 is 17.2 Å². The van der Waals surface area contributed by atoms with E-state index in [2.05, 4.69) is 4.99 Å². The number of hydrogen-bond donors (Lipinski definition) is 3. The van der Waals surface area contributed by atoms with Crippen LogP contribution in [0.1, 0.15) is 5.56 Å². The Balaban J connectivity index is 3.11. The molecule has 1 rings (SSSR count). The fourth-order valence-corrected chi connectivity index (χ4v) is 1.15. The van der Waals surface area contributed by atoms with E-state index in [1.54, 1.807) is 18.2 Å². The number of halogens is 1. The summed E-state index contributed by atoms with van der Waals surface area (Å²) in [7, 11) is 0. The van der Waals surface area contributed by atoms with Crippen LogP contribution >= 0.6 is 11.6 Å². The van der Waals surface area contributed by atoms with E-state index in [9.17, 15) is 0 Å². The van der Waals surface area contributed by atoms with Crippen LogP contribution in [-0.4, -0.2) is 5.84 Å². The maximum absolute atomic E-state index is 5.90. The Morgan fingerprint density at radius 3 is 2.79 bits per heavy atom. The lowest BCUT2D eigenvalue weighted by Crippen LogP contribution is -2.13. The number of nitrogens with zero attached hydrogens (tertiary/aromatic N) is 1. The van der Waals surface area contributed by atoms with Gasteiger partial charge in [-0.15, -0.1) is 0 Å². The molecule has 0 fully saturated rings. The molecule has 0 spiro atoms. The SMILES string of the molecule is N/C=C\N=C(N)c1cc(N)ccc1Cl. The smallest absolute Gasteiger partial charge is 0.132 e. The Morgan fingerprint density at radius 2 is 2.14 bits per heavy atom. The number of nitrogens with two attached hydrogens (primary N) is 3. The third kappa shape index (κ3) is 2.40. The second-order valence-corrected chi connectivity index (χ2v) is 3.00. The predicted molar refractivity (Wildman–Crippen MR) is 59.9 cm³/mol. The van der Waals surface area contributed by atoms with Crippen molar-refractivity contribution < 1.29 is 0 Å². The van der Waals surface area contributed by atoms with E-state index in [-0.39, 0.29) is 5.84 Å². The summed E-state index contributed by atoms with van der Waals surface area (Å²) >= 11 is 5.90. The molecule has 74 valence electrons. The molecule has 0 saturated carbocycles. The van der Waals surface area contributed by atoms with Crippen LogP contribution in [0.25, 0.3) is 0 Å². The molecule has 0 saturated heterocycles. The molecule has 14 heavy (non-hydrogen) atoms. The molecule has 4 nitrogen and oxygen atoms in total. The van der Waals surface area contributed by atoms with Gasteiger partial charge < -0.3 is 17.2 Å². The van der Waals surface area contributed by atoms with Crippen LogP contribution in [0.4, 0.5) is 5.69 Å². The standard InChI is InChI=1S/C9H11ClN4/c10-8-2-1-6(12)5-7(8)9(13)14-4-3-11/h1-5H,11-12H2,(H2,13,14)/b4-3-. The molecule has 0 unspecified atom stereocenters. The Bertz CT molecular complexity index is 384. The van der Waals surface area contributed by atoms with Crippen molar-refractivity contribution in [2.24, 2.45) is 16.5 Å². The number of benzene rings is 1. The van der Waals surface area contributed by atoms with Crippen molar-refractivity contribution >= 4 is 23.1 Å². The van der Waals surface area contributed by atoms with Crippen molar-refractivity contribution in [3.8, 4) is 0 Å². The summed E-state index contributed by atoms with van der Waals surface area (Å²) in [4.78, 5) is 3.86. The highest BCUT2D eigenvalue weighted by Crippen LogP contribution is 2.18. The average molecular weight is 211 g/mol. The lowest BCUT2D eigenvalue weighted by molar-refractivity contribution is 1.43. The Hall–Kier alpha value is -1.68. The first-order valence-electron chi connectivity index (χ1n) is 3.90. The highest BCUT2D eigenvalue weighted by Gasteiger charge is 2.03. The van der Waals surface area contributed by atoms with Gasteiger partial charge in [0.2, 0.25) is 0 Å². The molecule has 0 radical (unpaired) electrons. The zero-order chi connectivity index (χ0) is 10.6. The molecule has 1 aromatic rings. The van der Waals surface area contributed by atoms with Gasteiger partial charge in [-0.2, -0.15) is 0 Å². The number of nitrogen functional groups attached to an aromatic ring is 1. The normalized spacial score (nSPS) is 12.2. The highest BCUT2D eigenvalue weighted by molar-refractivity contribution is 6.34. The Kier molecular flexibility index (Phi) is 3.36. The van der Waals surface area contributed by atoms with Crippen LogP contribution in [0.5, 0.6) is 0 Å². The molecule has 0 aliphatic carbocycles. The van der Waals surface area contributed by atoms with Crippen LogP contribution in [0.2, 0.25) is 5.02 Å². The molecule has 1 aromatic carbocycles. The van der Waals surface area contributed by atoms with E-state index >= 15 is 0 Å². The summed E-state index contributed by atoms with van der Waals surface area (Å²) in [6, 6.07) is 5.02. The van der Waals surface area contributed by atoms with Gasteiger partial charge in [-0.05, 0) is 18.2 Å². The highest BCUT2D eigenvalue weighted by atomic mass is 35.5. The minimum Gasteiger partial charge on any atom is -0.403 e. The summed E-state index contributed by atoms with van der Waals surface area (Å²) < 4.78 is 0. The molecule has 6 N–H and O–H groups in total. The van der Waals surface area contributed by atoms with Gasteiger partial charge in [0, 0.05) is 23.7 Å². The zero-order valence-electron chi connectivity index (χ0n) is 7.44. The molecular formula is C9H11ClN4. The molecule has 0 amide bonds. The van der Waals surface area contributed by atoms with Crippen molar-refractivity contribution in [1.82, 2.24) is 0 Å². The lowest BCUT2D eigenvalue weighted by atomic mass is 10.2. The van der Waals surface area contributed by atoms with Crippen molar-refractivity contribution in [2.75, 3.05) is 5.73 Å². The summed E-state index contributed by atoms with van der Waals surface area (Å²) in [5.74, 6) is 0.281. The van der Waals surface area contributed by atoms with Gasteiger partial charge in [-0.3, -0.25) is 0 Å². The van der Waals surface area contributed by atoms with Crippen LogP contribution in [0.3, 0.4) is 0 Å².